The number of nitrogens with one attached hydrogen (secondary N) is 2. The largest absolute Gasteiger partial charge is 0.348 e. The lowest BCUT2D eigenvalue weighted by Gasteiger charge is -2.21. The lowest BCUT2D eigenvalue weighted by atomic mass is 9.97. The van der Waals surface area contributed by atoms with Crippen LogP contribution in [0.25, 0.3) is 0 Å². The van der Waals surface area contributed by atoms with Crippen molar-refractivity contribution in [2.24, 2.45) is 0 Å². The summed E-state index contributed by atoms with van der Waals surface area (Å²) in [6, 6.07) is 8.64. The molecule has 0 spiro atoms. The standard InChI is InChI=1S/C18H27BrN2O/c1-14(15-9-11-16(19)12-10-15)21-18(22)13-20-17-7-5-3-2-4-6-8-17/h9-12,14,17,20H,2-8,13H2,1H3,(H,21,22)/t14-/m0/s1. The Kier molecular flexibility index (Phi) is 7.40. The van der Waals surface area contributed by atoms with E-state index in [0.717, 1.165) is 10.0 Å². The fourth-order valence-electron chi connectivity index (χ4n) is 3.02. The van der Waals surface area contributed by atoms with Gasteiger partial charge in [0.15, 0.2) is 0 Å². The molecule has 1 aromatic rings. The highest BCUT2D eigenvalue weighted by Gasteiger charge is 2.14. The SMILES string of the molecule is C[C@H](NC(=O)CNC1CCCCCCC1)c1ccc(Br)cc1. The van der Waals surface area contributed by atoms with Crippen molar-refractivity contribution in [3.63, 3.8) is 0 Å². The molecule has 1 amide bonds. The van der Waals surface area contributed by atoms with E-state index in [1.165, 1.54) is 44.9 Å². The zero-order valence-corrected chi connectivity index (χ0v) is 15.0. The summed E-state index contributed by atoms with van der Waals surface area (Å²) in [5.74, 6) is 0.0810. The lowest BCUT2D eigenvalue weighted by molar-refractivity contribution is -0.121. The van der Waals surface area contributed by atoms with Gasteiger partial charge in [-0.2, -0.15) is 0 Å². The topological polar surface area (TPSA) is 41.1 Å². The van der Waals surface area contributed by atoms with Crippen LogP contribution in [0.2, 0.25) is 0 Å². The van der Waals surface area contributed by atoms with Gasteiger partial charge in [-0.15, -0.1) is 0 Å². The quantitative estimate of drug-likeness (QED) is 0.813. The number of rotatable bonds is 5. The number of benzene rings is 1. The minimum Gasteiger partial charge on any atom is -0.348 e. The number of carbonyl (C=O) groups is 1. The molecule has 22 heavy (non-hydrogen) atoms. The number of hydrogen-bond acceptors (Lipinski definition) is 2. The van der Waals surface area contributed by atoms with E-state index in [1.807, 2.05) is 31.2 Å². The Morgan fingerprint density at radius 2 is 1.73 bits per heavy atom. The highest BCUT2D eigenvalue weighted by atomic mass is 79.9. The third kappa shape index (κ3) is 6.09. The van der Waals surface area contributed by atoms with Gasteiger partial charge >= 0.3 is 0 Å². The molecule has 1 atom stereocenters. The molecule has 1 aliphatic carbocycles. The predicted octanol–water partition coefficient (Wildman–Crippen LogP) is 4.33. The van der Waals surface area contributed by atoms with Crippen LogP contribution in [0.3, 0.4) is 0 Å². The molecule has 0 bridgehead atoms. The summed E-state index contributed by atoms with van der Waals surface area (Å²) >= 11 is 3.43. The van der Waals surface area contributed by atoms with Crippen LogP contribution >= 0.6 is 15.9 Å². The van der Waals surface area contributed by atoms with Crippen LogP contribution in [0.15, 0.2) is 28.7 Å². The molecule has 0 radical (unpaired) electrons. The van der Waals surface area contributed by atoms with Crippen LogP contribution < -0.4 is 10.6 Å². The lowest BCUT2D eigenvalue weighted by Crippen LogP contribution is -2.40. The molecule has 1 saturated carbocycles. The van der Waals surface area contributed by atoms with Crippen molar-refractivity contribution >= 4 is 21.8 Å². The normalized spacial score (nSPS) is 18.3. The van der Waals surface area contributed by atoms with E-state index in [9.17, 15) is 4.79 Å². The maximum Gasteiger partial charge on any atom is 0.234 e. The first-order chi connectivity index (χ1) is 10.6. The van der Waals surface area contributed by atoms with Gasteiger partial charge in [0.25, 0.3) is 0 Å². The molecule has 0 unspecified atom stereocenters. The zero-order chi connectivity index (χ0) is 15.8. The van der Waals surface area contributed by atoms with E-state index in [0.29, 0.717) is 12.6 Å². The monoisotopic (exact) mass is 366 g/mol. The number of amides is 1. The van der Waals surface area contributed by atoms with Gasteiger partial charge in [-0.25, -0.2) is 0 Å². The van der Waals surface area contributed by atoms with Gasteiger partial charge in [0.05, 0.1) is 12.6 Å². The molecule has 2 rings (SSSR count). The highest BCUT2D eigenvalue weighted by molar-refractivity contribution is 9.10. The molecule has 1 aromatic carbocycles. The maximum atomic E-state index is 12.1. The van der Waals surface area contributed by atoms with Gasteiger partial charge in [-0.3, -0.25) is 4.79 Å². The zero-order valence-electron chi connectivity index (χ0n) is 13.4. The first-order valence-electron chi connectivity index (χ1n) is 8.43. The smallest absolute Gasteiger partial charge is 0.234 e. The van der Waals surface area contributed by atoms with Gasteiger partial charge < -0.3 is 10.6 Å². The number of hydrogen-bond donors (Lipinski definition) is 2. The summed E-state index contributed by atoms with van der Waals surface area (Å²) in [6.45, 7) is 2.45. The molecule has 122 valence electrons. The van der Waals surface area contributed by atoms with E-state index in [-0.39, 0.29) is 11.9 Å². The van der Waals surface area contributed by atoms with E-state index in [4.69, 9.17) is 0 Å². The third-order valence-corrected chi connectivity index (χ3v) is 4.93. The molecule has 1 fully saturated rings. The van der Waals surface area contributed by atoms with Gasteiger partial charge in [-0.05, 0) is 37.5 Å². The highest BCUT2D eigenvalue weighted by Crippen LogP contribution is 2.18. The second kappa shape index (κ2) is 9.31. The molecular weight excluding hydrogens is 340 g/mol. The van der Waals surface area contributed by atoms with Gasteiger partial charge in [0, 0.05) is 10.5 Å². The van der Waals surface area contributed by atoms with Crippen molar-refractivity contribution in [2.75, 3.05) is 6.54 Å². The number of carbonyl (C=O) groups excluding carboxylic acids is 1. The molecule has 1 aliphatic rings. The van der Waals surface area contributed by atoms with Crippen LogP contribution in [-0.4, -0.2) is 18.5 Å². The molecule has 0 aromatic heterocycles. The summed E-state index contributed by atoms with van der Waals surface area (Å²) in [5.41, 5.74) is 1.13. The Bertz CT molecular complexity index is 453. The second-order valence-corrected chi connectivity index (χ2v) is 7.18. The molecule has 3 nitrogen and oxygen atoms in total. The van der Waals surface area contributed by atoms with Crippen molar-refractivity contribution in [1.82, 2.24) is 10.6 Å². The summed E-state index contributed by atoms with van der Waals surface area (Å²) in [7, 11) is 0. The predicted molar refractivity (Wildman–Crippen MR) is 94.8 cm³/mol. The van der Waals surface area contributed by atoms with Crippen molar-refractivity contribution < 1.29 is 4.79 Å². The first-order valence-corrected chi connectivity index (χ1v) is 9.22. The molecule has 0 aliphatic heterocycles. The van der Waals surface area contributed by atoms with Gasteiger partial charge in [0.2, 0.25) is 5.91 Å². The van der Waals surface area contributed by atoms with Gasteiger partial charge in [-0.1, -0.05) is 60.2 Å². The summed E-state index contributed by atoms with van der Waals surface area (Å²) in [5, 5.41) is 6.50. The van der Waals surface area contributed by atoms with E-state index >= 15 is 0 Å². The molecule has 0 heterocycles. The maximum absolute atomic E-state index is 12.1. The van der Waals surface area contributed by atoms with Crippen LogP contribution in [0.4, 0.5) is 0 Å². The Hall–Kier alpha value is -0.870. The fraction of sp³-hybridized carbons (Fsp3) is 0.611. The minimum atomic E-state index is 0.0414. The third-order valence-electron chi connectivity index (χ3n) is 4.40. The number of halogens is 1. The van der Waals surface area contributed by atoms with E-state index in [2.05, 4.69) is 26.6 Å². The van der Waals surface area contributed by atoms with Gasteiger partial charge in [0.1, 0.15) is 0 Å². The Balaban J connectivity index is 1.73. The Labute approximate surface area is 142 Å². The van der Waals surface area contributed by atoms with E-state index < -0.39 is 0 Å². The van der Waals surface area contributed by atoms with E-state index in [1.54, 1.807) is 0 Å². The molecule has 0 saturated heterocycles. The van der Waals surface area contributed by atoms with Crippen molar-refractivity contribution in [3.05, 3.63) is 34.3 Å². The Morgan fingerprint density at radius 3 is 2.36 bits per heavy atom. The average molecular weight is 367 g/mol. The van der Waals surface area contributed by atoms with Crippen LogP contribution in [0.5, 0.6) is 0 Å². The fourth-order valence-corrected chi connectivity index (χ4v) is 3.29. The average Bonchev–Trinajstić information content (AvgIpc) is 2.46. The van der Waals surface area contributed by atoms with Crippen molar-refractivity contribution in [1.29, 1.82) is 0 Å². The summed E-state index contributed by atoms with van der Waals surface area (Å²) < 4.78 is 1.06. The molecule has 2 N–H and O–H groups in total. The van der Waals surface area contributed by atoms with Crippen LogP contribution in [-0.2, 0) is 4.79 Å². The summed E-state index contributed by atoms with van der Waals surface area (Å²) in [6.07, 6.45) is 9.03. The molecular formula is C18H27BrN2O. The minimum absolute atomic E-state index is 0.0414. The molecule has 4 heteroatoms. The summed E-state index contributed by atoms with van der Waals surface area (Å²) in [4.78, 5) is 12.1. The first kappa shape index (κ1) is 17.5. The van der Waals surface area contributed by atoms with Crippen LogP contribution in [0, 0.1) is 0 Å². The second-order valence-electron chi connectivity index (χ2n) is 6.26. The Morgan fingerprint density at radius 1 is 1.14 bits per heavy atom. The van der Waals surface area contributed by atoms with Crippen molar-refractivity contribution in [3.8, 4) is 0 Å². The van der Waals surface area contributed by atoms with Crippen LogP contribution in [0.1, 0.15) is 63.5 Å². The van der Waals surface area contributed by atoms with Crippen molar-refractivity contribution in [2.45, 2.75) is 64.0 Å².